The van der Waals surface area contributed by atoms with Gasteiger partial charge in [0.2, 0.25) is 5.24 Å². The van der Waals surface area contributed by atoms with Crippen LogP contribution in [0.3, 0.4) is 0 Å². The maximum absolute atomic E-state index is 10.9. The highest BCUT2D eigenvalue weighted by Crippen LogP contribution is 2.34. The number of hydrogen-bond donors (Lipinski definition) is 0. The summed E-state index contributed by atoms with van der Waals surface area (Å²) in [6, 6.07) is 0. The number of carbonyl (C=O) groups is 1. The average molecular weight is 177 g/mol. The fourth-order valence-electron chi connectivity index (χ4n) is 1.40. The molecule has 66 valence electrons. The molecule has 0 aliphatic rings. The first-order chi connectivity index (χ1) is 4.65. The Morgan fingerprint density at radius 2 is 1.55 bits per heavy atom. The maximum Gasteiger partial charge on any atom is 0.227 e. The van der Waals surface area contributed by atoms with Crippen LogP contribution in [0.4, 0.5) is 0 Å². The lowest BCUT2D eigenvalue weighted by molar-refractivity contribution is -0.120. The van der Waals surface area contributed by atoms with E-state index >= 15 is 0 Å². The Kier molecular flexibility index (Phi) is 3.13. The Morgan fingerprint density at radius 3 is 1.64 bits per heavy atom. The molecule has 11 heavy (non-hydrogen) atoms. The van der Waals surface area contributed by atoms with Gasteiger partial charge in [-0.15, -0.1) is 0 Å². The first kappa shape index (κ1) is 11.0. The average Bonchev–Trinajstić information content (AvgIpc) is 1.56. The van der Waals surface area contributed by atoms with E-state index < -0.39 is 0 Å². The summed E-state index contributed by atoms with van der Waals surface area (Å²) in [4.78, 5) is 10.9. The van der Waals surface area contributed by atoms with E-state index in [2.05, 4.69) is 20.8 Å². The van der Waals surface area contributed by atoms with E-state index in [0.717, 1.165) is 6.42 Å². The van der Waals surface area contributed by atoms with Gasteiger partial charge in [0.25, 0.3) is 0 Å². The molecule has 2 heteroatoms. The lowest BCUT2D eigenvalue weighted by Crippen LogP contribution is -2.26. The van der Waals surface area contributed by atoms with E-state index in [4.69, 9.17) is 11.6 Å². The third-order valence-corrected chi connectivity index (χ3v) is 2.02. The van der Waals surface area contributed by atoms with Crippen molar-refractivity contribution in [3.05, 3.63) is 0 Å². The van der Waals surface area contributed by atoms with Crippen molar-refractivity contribution in [2.45, 2.75) is 41.0 Å². The van der Waals surface area contributed by atoms with Gasteiger partial charge in [-0.3, -0.25) is 4.79 Å². The van der Waals surface area contributed by atoms with Gasteiger partial charge in [-0.1, -0.05) is 34.6 Å². The second-order valence-electron chi connectivity index (χ2n) is 4.90. The molecule has 0 N–H and O–H groups in total. The molecule has 0 aromatic carbocycles. The molecule has 0 saturated heterocycles. The predicted molar refractivity (Wildman–Crippen MR) is 48.7 cm³/mol. The number of halogens is 1. The van der Waals surface area contributed by atoms with Crippen molar-refractivity contribution >= 4 is 16.8 Å². The topological polar surface area (TPSA) is 17.1 Å². The molecule has 0 heterocycles. The van der Waals surface area contributed by atoms with Crippen LogP contribution in [0, 0.1) is 10.8 Å². The van der Waals surface area contributed by atoms with Gasteiger partial charge in [0.15, 0.2) is 0 Å². The van der Waals surface area contributed by atoms with Gasteiger partial charge in [-0.2, -0.15) is 0 Å². The van der Waals surface area contributed by atoms with Crippen LogP contribution in [0.25, 0.3) is 0 Å². The van der Waals surface area contributed by atoms with Gasteiger partial charge >= 0.3 is 0 Å². The largest absolute Gasteiger partial charge is 0.281 e. The summed E-state index contributed by atoms with van der Waals surface area (Å²) >= 11 is 5.44. The Hall–Kier alpha value is -0.0400. The van der Waals surface area contributed by atoms with Crippen molar-refractivity contribution < 1.29 is 4.79 Å². The van der Waals surface area contributed by atoms with Crippen LogP contribution in [0.5, 0.6) is 0 Å². The fraction of sp³-hybridized carbons (Fsp3) is 0.889. The monoisotopic (exact) mass is 176 g/mol. The molecule has 0 atom stereocenters. The minimum Gasteiger partial charge on any atom is -0.281 e. The molecule has 0 saturated carbocycles. The van der Waals surface area contributed by atoms with Crippen LogP contribution in [0.1, 0.15) is 41.0 Å². The van der Waals surface area contributed by atoms with Crippen LogP contribution in [0.2, 0.25) is 0 Å². The van der Waals surface area contributed by atoms with Gasteiger partial charge in [0.1, 0.15) is 0 Å². The first-order valence-electron chi connectivity index (χ1n) is 3.85. The molecule has 0 amide bonds. The summed E-state index contributed by atoms with van der Waals surface area (Å²) in [6.07, 6.45) is 0.822. The quantitative estimate of drug-likeness (QED) is 0.591. The third-order valence-electron chi connectivity index (χ3n) is 1.50. The molecule has 0 aromatic heterocycles. The van der Waals surface area contributed by atoms with E-state index in [-0.39, 0.29) is 16.1 Å². The molecule has 1 nitrogen and oxygen atoms in total. The van der Waals surface area contributed by atoms with Gasteiger partial charge < -0.3 is 0 Å². The summed E-state index contributed by atoms with van der Waals surface area (Å²) in [5.41, 5.74) is -0.228. The smallest absolute Gasteiger partial charge is 0.227 e. The Balaban J connectivity index is 4.25. The van der Waals surface area contributed by atoms with Gasteiger partial charge in [0, 0.05) is 5.41 Å². The second-order valence-corrected chi connectivity index (χ2v) is 5.24. The molecule has 0 spiro atoms. The Bertz CT molecular complexity index is 153. The fourth-order valence-corrected chi connectivity index (χ4v) is 1.46. The number of rotatable bonds is 2. The Morgan fingerprint density at radius 1 is 1.18 bits per heavy atom. The molecule has 0 rings (SSSR count). The summed E-state index contributed by atoms with van der Waals surface area (Å²) < 4.78 is 0. The highest BCUT2D eigenvalue weighted by molar-refractivity contribution is 6.64. The molecular weight excluding hydrogens is 160 g/mol. The zero-order valence-corrected chi connectivity index (χ0v) is 8.75. The highest BCUT2D eigenvalue weighted by atomic mass is 35.5. The van der Waals surface area contributed by atoms with Crippen molar-refractivity contribution in [3.8, 4) is 0 Å². The van der Waals surface area contributed by atoms with Crippen molar-refractivity contribution in [2.24, 2.45) is 10.8 Å². The predicted octanol–water partition coefficient (Wildman–Crippen LogP) is 3.21. The SMILES string of the molecule is CC(C)(C)CC(C)(C)C(=O)Cl. The van der Waals surface area contributed by atoms with Gasteiger partial charge in [-0.25, -0.2) is 0 Å². The highest BCUT2D eigenvalue weighted by Gasteiger charge is 2.30. The lowest BCUT2D eigenvalue weighted by Gasteiger charge is -2.28. The van der Waals surface area contributed by atoms with E-state index in [1.54, 1.807) is 0 Å². The summed E-state index contributed by atoms with van der Waals surface area (Å²) in [5, 5.41) is -0.243. The lowest BCUT2D eigenvalue weighted by atomic mass is 9.77. The van der Waals surface area contributed by atoms with Crippen LogP contribution < -0.4 is 0 Å². The standard InChI is InChI=1S/C9H17ClO/c1-8(2,3)6-9(4,5)7(10)11/h6H2,1-5H3. The van der Waals surface area contributed by atoms with Crippen LogP contribution >= 0.6 is 11.6 Å². The molecule has 0 unspecified atom stereocenters. The van der Waals surface area contributed by atoms with Crippen molar-refractivity contribution in [1.82, 2.24) is 0 Å². The van der Waals surface area contributed by atoms with Gasteiger partial charge in [0.05, 0.1) is 0 Å². The minimum atomic E-state index is -0.389. The number of carbonyl (C=O) groups excluding carboxylic acids is 1. The summed E-state index contributed by atoms with van der Waals surface area (Å²) in [7, 11) is 0. The zero-order chi connectivity index (χ0) is 9.28. The van der Waals surface area contributed by atoms with E-state index in [0.29, 0.717) is 0 Å². The van der Waals surface area contributed by atoms with E-state index in [1.807, 2.05) is 13.8 Å². The van der Waals surface area contributed by atoms with Crippen LogP contribution in [0.15, 0.2) is 0 Å². The Labute approximate surface area is 74.1 Å². The molecule has 0 radical (unpaired) electrons. The molecule has 0 fully saturated rings. The normalized spacial score (nSPS) is 13.3. The minimum absolute atomic E-state index is 0.161. The zero-order valence-electron chi connectivity index (χ0n) is 7.99. The molecule has 0 bridgehead atoms. The molecular formula is C9H17ClO. The summed E-state index contributed by atoms with van der Waals surface area (Å²) in [6.45, 7) is 10.1. The van der Waals surface area contributed by atoms with Gasteiger partial charge in [-0.05, 0) is 23.4 Å². The molecule has 0 aromatic rings. The van der Waals surface area contributed by atoms with Crippen LogP contribution in [-0.2, 0) is 4.79 Å². The van der Waals surface area contributed by atoms with Crippen LogP contribution in [-0.4, -0.2) is 5.24 Å². The maximum atomic E-state index is 10.9. The van der Waals surface area contributed by atoms with E-state index in [1.165, 1.54) is 0 Å². The molecule has 0 aliphatic heterocycles. The van der Waals surface area contributed by atoms with Crippen molar-refractivity contribution in [3.63, 3.8) is 0 Å². The third kappa shape index (κ3) is 4.41. The van der Waals surface area contributed by atoms with E-state index in [9.17, 15) is 4.79 Å². The van der Waals surface area contributed by atoms with Crippen molar-refractivity contribution in [1.29, 1.82) is 0 Å². The molecule has 0 aliphatic carbocycles. The van der Waals surface area contributed by atoms with Crippen molar-refractivity contribution in [2.75, 3.05) is 0 Å². The summed E-state index contributed by atoms with van der Waals surface area (Å²) in [5.74, 6) is 0. The first-order valence-corrected chi connectivity index (χ1v) is 4.23. The second kappa shape index (κ2) is 3.14. The number of hydrogen-bond acceptors (Lipinski definition) is 1.